The molecule has 0 radical (unpaired) electrons. The largest absolute Gasteiger partial charge is 0.496 e. The molecule has 1 aliphatic rings. The molecule has 1 aromatic heterocycles. The Bertz CT molecular complexity index is 1310. The third kappa shape index (κ3) is 6.54. The molecule has 0 saturated carbocycles. The van der Waals surface area contributed by atoms with Gasteiger partial charge in [0.25, 0.3) is 0 Å². The number of carbonyl (C=O) groups is 1. The van der Waals surface area contributed by atoms with E-state index in [-0.39, 0.29) is 11.9 Å². The van der Waals surface area contributed by atoms with Gasteiger partial charge in [0.05, 0.1) is 13.7 Å². The molecule has 38 heavy (non-hydrogen) atoms. The second-order valence-electron chi connectivity index (χ2n) is 9.87. The van der Waals surface area contributed by atoms with Crippen molar-refractivity contribution in [1.29, 1.82) is 0 Å². The summed E-state index contributed by atoms with van der Waals surface area (Å²) in [5.41, 5.74) is 4.67. The van der Waals surface area contributed by atoms with Crippen molar-refractivity contribution in [3.8, 4) is 5.75 Å². The molecule has 7 nitrogen and oxygen atoms in total. The van der Waals surface area contributed by atoms with Gasteiger partial charge in [-0.15, -0.1) is 0 Å². The van der Waals surface area contributed by atoms with Crippen LogP contribution in [-0.4, -0.2) is 68.2 Å². The number of carbonyl (C=O) groups excluding carboxylic acids is 1. The first-order valence-electron chi connectivity index (χ1n) is 13.4. The number of H-pyrrole nitrogens is 1. The fourth-order valence-corrected chi connectivity index (χ4v) is 5.25. The summed E-state index contributed by atoms with van der Waals surface area (Å²) in [5, 5.41) is 8.07. The minimum Gasteiger partial charge on any atom is -0.496 e. The number of para-hydroxylation sites is 3. The van der Waals surface area contributed by atoms with E-state index >= 15 is 0 Å². The topological polar surface area (TPSA) is 72.6 Å². The maximum atomic E-state index is 13.2. The first-order valence-corrected chi connectivity index (χ1v) is 13.4. The zero-order chi connectivity index (χ0) is 26.2. The molecule has 1 saturated heterocycles. The summed E-state index contributed by atoms with van der Waals surface area (Å²) in [4.78, 5) is 21.2. The lowest BCUT2D eigenvalue weighted by Crippen LogP contribution is -2.52. The van der Waals surface area contributed by atoms with E-state index in [4.69, 9.17) is 4.74 Å². The maximum absolute atomic E-state index is 13.2. The van der Waals surface area contributed by atoms with Gasteiger partial charge in [0.15, 0.2) is 0 Å². The monoisotopic (exact) mass is 511 g/mol. The Morgan fingerprint density at radius 2 is 1.66 bits per heavy atom. The van der Waals surface area contributed by atoms with Crippen LogP contribution >= 0.6 is 0 Å². The van der Waals surface area contributed by atoms with Gasteiger partial charge in [0.1, 0.15) is 5.75 Å². The van der Waals surface area contributed by atoms with Crippen LogP contribution in [0.4, 0.5) is 5.69 Å². The quantitative estimate of drug-likeness (QED) is 0.286. The summed E-state index contributed by atoms with van der Waals surface area (Å²) in [7, 11) is 1.69. The number of aromatic nitrogens is 1. The summed E-state index contributed by atoms with van der Waals surface area (Å²) in [6, 6.07) is 26.8. The van der Waals surface area contributed by atoms with Crippen LogP contribution in [0.25, 0.3) is 10.9 Å². The van der Waals surface area contributed by atoms with Crippen molar-refractivity contribution < 1.29 is 9.53 Å². The number of piperazine rings is 1. The van der Waals surface area contributed by atoms with E-state index in [0.717, 1.165) is 49.4 Å². The molecule has 0 spiro atoms. The van der Waals surface area contributed by atoms with Crippen LogP contribution in [-0.2, 0) is 17.8 Å². The number of anilines is 1. The number of hydrogen-bond donors (Lipinski definition) is 3. The minimum atomic E-state index is -0.0398. The molecular weight excluding hydrogens is 474 g/mol. The van der Waals surface area contributed by atoms with E-state index in [1.165, 1.54) is 16.6 Å². The predicted octanol–water partition coefficient (Wildman–Crippen LogP) is 3.82. The van der Waals surface area contributed by atoms with E-state index in [9.17, 15) is 4.79 Å². The Labute approximate surface area is 224 Å². The molecule has 4 aromatic rings. The van der Waals surface area contributed by atoms with Gasteiger partial charge in [-0.2, -0.15) is 0 Å². The molecule has 0 bridgehead atoms. The van der Waals surface area contributed by atoms with Gasteiger partial charge in [-0.25, -0.2) is 0 Å². The molecule has 3 N–H and O–H groups in total. The second kappa shape index (κ2) is 12.6. The lowest BCUT2D eigenvalue weighted by Gasteiger charge is -2.36. The number of methoxy groups -OCH3 is 1. The fraction of sp³-hybridized carbons (Fsp3) is 0.323. The summed E-state index contributed by atoms with van der Waals surface area (Å²) in [6.45, 7) is 5.35. The molecule has 1 amide bonds. The van der Waals surface area contributed by atoms with E-state index in [2.05, 4.69) is 80.1 Å². The average molecular weight is 512 g/mol. The zero-order valence-corrected chi connectivity index (χ0v) is 22.0. The first kappa shape index (κ1) is 25.8. The second-order valence-corrected chi connectivity index (χ2v) is 9.87. The molecule has 1 atom stereocenters. The molecule has 5 rings (SSSR count). The van der Waals surface area contributed by atoms with Crippen molar-refractivity contribution >= 4 is 22.5 Å². The van der Waals surface area contributed by atoms with Gasteiger partial charge >= 0.3 is 0 Å². The highest BCUT2D eigenvalue weighted by molar-refractivity contribution is 5.83. The number of nitrogens with one attached hydrogen (secondary N) is 3. The van der Waals surface area contributed by atoms with Crippen LogP contribution in [0.1, 0.15) is 11.1 Å². The number of aromatic amines is 1. The Kier molecular flexibility index (Phi) is 8.58. The molecule has 0 unspecified atom stereocenters. The molecule has 1 aliphatic heterocycles. The molecule has 2 heterocycles. The fourth-order valence-electron chi connectivity index (χ4n) is 5.25. The molecular formula is C31H37N5O2. The van der Waals surface area contributed by atoms with Crippen LogP contribution in [0.5, 0.6) is 5.75 Å². The van der Waals surface area contributed by atoms with Crippen molar-refractivity contribution in [2.24, 2.45) is 0 Å². The lowest BCUT2D eigenvalue weighted by atomic mass is 10.0. The third-order valence-corrected chi connectivity index (χ3v) is 7.27. The Hall–Kier alpha value is -3.81. The maximum Gasteiger partial charge on any atom is 0.234 e. The van der Waals surface area contributed by atoms with Gasteiger partial charge in [-0.05, 0) is 36.2 Å². The van der Waals surface area contributed by atoms with Crippen LogP contribution in [0, 0.1) is 0 Å². The van der Waals surface area contributed by atoms with E-state index in [1.54, 1.807) is 7.11 Å². The Balaban J connectivity index is 1.19. The van der Waals surface area contributed by atoms with Gasteiger partial charge in [-0.3, -0.25) is 9.69 Å². The van der Waals surface area contributed by atoms with Crippen molar-refractivity contribution in [3.05, 3.63) is 96.2 Å². The highest BCUT2D eigenvalue weighted by Gasteiger charge is 2.21. The third-order valence-electron chi connectivity index (χ3n) is 7.27. The van der Waals surface area contributed by atoms with Gasteiger partial charge < -0.3 is 25.3 Å². The first-order chi connectivity index (χ1) is 18.7. The standard InChI is InChI=1S/C31H37N5O2/c1-38-30-14-8-5-9-24(30)20-32-22-26(19-25-21-33-29-13-7-6-12-28(25)29)34-31(37)23-35-15-17-36(18-16-35)27-10-3-2-4-11-27/h2-14,21,26,32-33H,15-20,22-23H2,1H3,(H,34,37)/t26-/m1/s1. The van der Waals surface area contributed by atoms with Crippen molar-refractivity contribution in [2.45, 2.75) is 19.0 Å². The molecule has 1 fully saturated rings. The number of hydrogen-bond acceptors (Lipinski definition) is 5. The highest BCUT2D eigenvalue weighted by atomic mass is 16.5. The molecule has 7 heteroatoms. The van der Waals surface area contributed by atoms with Crippen molar-refractivity contribution in [1.82, 2.24) is 20.5 Å². The van der Waals surface area contributed by atoms with Crippen LogP contribution in [0.2, 0.25) is 0 Å². The van der Waals surface area contributed by atoms with Crippen molar-refractivity contribution in [3.63, 3.8) is 0 Å². The number of ether oxygens (including phenoxy) is 1. The normalized spacial score (nSPS) is 14.9. The number of nitrogens with zero attached hydrogens (tertiary/aromatic N) is 2. The summed E-state index contributed by atoms with van der Waals surface area (Å²) >= 11 is 0. The Morgan fingerprint density at radius 1 is 0.921 bits per heavy atom. The summed E-state index contributed by atoms with van der Waals surface area (Å²) < 4.78 is 5.50. The number of rotatable bonds is 11. The molecule has 198 valence electrons. The number of amides is 1. The molecule has 3 aromatic carbocycles. The SMILES string of the molecule is COc1ccccc1CNC[C@@H](Cc1c[nH]c2ccccc12)NC(=O)CN1CCN(c2ccccc2)CC1. The van der Waals surface area contributed by atoms with Crippen molar-refractivity contribution in [2.75, 3.05) is 51.3 Å². The molecule has 0 aliphatic carbocycles. The lowest BCUT2D eigenvalue weighted by molar-refractivity contribution is -0.123. The minimum absolute atomic E-state index is 0.0398. The summed E-state index contributed by atoms with van der Waals surface area (Å²) in [6.07, 6.45) is 2.81. The van der Waals surface area contributed by atoms with Crippen LogP contribution in [0.3, 0.4) is 0 Å². The zero-order valence-electron chi connectivity index (χ0n) is 22.0. The predicted molar refractivity (Wildman–Crippen MR) is 154 cm³/mol. The smallest absolute Gasteiger partial charge is 0.234 e. The highest BCUT2D eigenvalue weighted by Crippen LogP contribution is 2.20. The summed E-state index contributed by atoms with van der Waals surface area (Å²) in [5.74, 6) is 0.939. The number of benzene rings is 3. The van der Waals surface area contributed by atoms with Crippen LogP contribution < -0.4 is 20.3 Å². The van der Waals surface area contributed by atoms with E-state index in [0.29, 0.717) is 19.6 Å². The van der Waals surface area contributed by atoms with Gasteiger partial charge in [-0.1, -0.05) is 54.6 Å². The number of fused-ring (bicyclic) bond motifs is 1. The average Bonchev–Trinajstić information content (AvgIpc) is 3.37. The van der Waals surface area contributed by atoms with Gasteiger partial charge in [0, 0.05) is 73.7 Å². The van der Waals surface area contributed by atoms with Crippen LogP contribution in [0.15, 0.2) is 85.1 Å². The van der Waals surface area contributed by atoms with Gasteiger partial charge in [0.2, 0.25) is 5.91 Å². The Morgan fingerprint density at radius 3 is 2.47 bits per heavy atom. The van der Waals surface area contributed by atoms with E-state index < -0.39 is 0 Å². The van der Waals surface area contributed by atoms with E-state index in [1.807, 2.05) is 30.3 Å².